The molecule has 1 amide bonds. The third kappa shape index (κ3) is 4.16. The number of nitrogens with one attached hydrogen (secondary N) is 1. The molecule has 1 N–H and O–H groups in total. The number of rotatable bonds is 5. The Hall–Kier alpha value is -1.13. The van der Waals surface area contributed by atoms with Gasteiger partial charge in [-0.15, -0.1) is 0 Å². The van der Waals surface area contributed by atoms with Crippen LogP contribution in [-0.4, -0.2) is 24.1 Å². The van der Waals surface area contributed by atoms with Crippen LogP contribution in [0.2, 0.25) is 5.15 Å². The second kappa shape index (κ2) is 6.45. The minimum Gasteiger partial charge on any atom is -0.381 e. The SMILES string of the molecule is CCOCCC(=O)Nc1cnc(Cl)c(C)c1. The minimum atomic E-state index is -0.0861. The largest absolute Gasteiger partial charge is 0.381 e. The highest BCUT2D eigenvalue weighted by Crippen LogP contribution is 2.16. The zero-order valence-corrected chi connectivity index (χ0v) is 10.2. The summed E-state index contributed by atoms with van der Waals surface area (Å²) in [5.41, 5.74) is 1.49. The Morgan fingerprint density at radius 3 is 3.00 bits per heavy atom. The first-order valence-electron chi connectivity index (χ1n) is 5.13. The first-order valence-corrected chi connectivity index (χ1v) is 5.51. The van der Waals surface area contributed by atoms with Crippen molar-refractivity contribution in [1.82, 2.24) is 4.98 Å². The smallest absolute Gasteiger partial charge is 0.226 e. The predicted molar refractivity (Wildman–Crippen MR) is 63.7 cm³/mol. The van der Waals surface area contributed by atoms with E-state index in [0.717, 1.165) is 5.56 Å². The van der Waals surface area contributed by atoms with Crippen LogP contribution in [0.25, 0.3) is 0 Å². The molecule has 1 aromatic heterocycles. The highest BCUT2D eigenvalue weighted by atomic mass is 35.5. The molecular formula is C11H15ClN2O2. The van der Waals surface area contributed by atoms with Gasteiger partial charge in [-0.2, -0.15) is 0 Å². The first-order chi connectivity index (χ1) is 7.63. The standard InChI is InChI=1S/C11H15ClN2O2/c1-3-16-5-4-10(15)14-9-6-8(2)11(12)13-7-9/h6-7H,3-5H2,1-2H3,(H,14,15). The van der Waals surface area contributed by atoms with E-state index in [4.69, 9.17) is 16.3 Å². The van der Waals surface area contributed by atoms with Crippen molar-refractivity contribution < 1.29 is 9.53 Å². The van der Waals surface area contributed by atoms with Crippen LogP contribution in [0.5, 0.6) is 0 Å². The summed E-state index contributed by atoms with van der Waals surface area (Å²) >= 11 is 5.78. The number of hydrogen-bond acceptors (Lipinski definition) is 3. The van der Waals surface area contributed by atoms with Gasteiger partial charge in [0.25, 0.3) is 0 Å². The van der Waals surface area contributed by atoms with E-state index in [1.165, 1.54) is 6.20 Å². The monoisotopic (exact) mass is 242 g/mol. The average molecular weight is 243 g/mol. The van der Waals surface area contributed by atoms with Crippen molar-refractivity contribution >= 4 is 23.2 Å². The fourth-order valence-electron chi connectivity index (χ4n) is 1.16. The van der Waals surface area contributed by atoms with Crippen LogP contribution in [0.4, 0.5) is 5.69 Å². The van der Waals surface area contributed by atoms with E-state index in [9.17, 15) is 4.79 Å². The lowest BCUT2D eigenvalue weighted by atomic mass is 10.3. The third-order valence-electron chi connectivity index (χ3n) is 1.98. The minimum absolute atomic E-state index is 0.0861. The topological polar surface area (TPSA) is 51.2 Å². The van der Waals surface area contributed by atoms with Crippen molar-refractivity contribution in [3.63, 3.8) is 0 Å². The fourth-order valence-corrected chi connectivity index (χ4v) is 1.26. The molecule has 88 valence electrons. The molecule has 0 fully saturated rings. The normalized spacial score (nSPS) is 10.2. The van der Waals surface area contributed by atoms with Crippen molar-refractivity contribution in [3.8, 4) is 0 Å². The first kappa shape index (κ1) is 12.9. The Bertz CT molecular complexity index is 369. The van der Waals surface area contributed by atoms with E-state index in [1.54, 1.807) is 6.07 Å². The van der Waals surface area contributed by atoms with E-state index in [0.29, 0.717) is 30.5 Å². The summed E-state index contributed by atoms with van der Waals surface area (Å²) in [4.78, 5) is 15.4. The number of ether oxygens (including phenoxy) is 1. The lowest BCUT2D eigenvalue weighted by Crippen LogP contribution is -2.14. The molecule has 0 unspecified atom stereocenters. The Balaban J connectivity index is 2.46. The number of amides is 1. The molecule has 1 aromatic rings. The van der Waals surface area contributed by atoms with Gasteiger partial charge in [0.05, 0.1) is 24.9 Å². The van der Waals surface area contributed by atoms with Gasteiger partial charge >= 0.3 is 0 Å². The number of aryl methyl sites for hydroxylation is 1. The van der Waals surface area contributed by atoms with E-state index in [-0.39, 0.29) is 5.91 Å². The molecule has 1 heterocycles. The van der Waals surface area contributed by atoms with Crippen LogP contribution in [-0.2, 0) is 9.53 Å². The summed E-state index contributed by atoms with van der Waals surface area (Å²) < 4.78 is 5.09. The Morgan fingerprint density at radius 1 is 1.62 bits per heavy atom. The molecule has 0 atom stereocenters. The van der Waals surface area contributed by atoms with Crippen LogP contribution in [0.3, 0.4) is 0 Å². The maximum absolute atomic E-state index is 11.4. The van der Waals surface area contributed by atoms with E-state index in [2.05, 4.69) is 10.3 Å². The number of halogens is 1. The summed E-state index contributed by atoms with van der Waals surface area (Å²) in [7, 11) is 0. The van der Waals surface area contributed by atoms with Crippen LogP contribution in [0, 0.1) is 6.92 Å². The quantitative estimate of drug-likeness (QED) is 0.637. The molecule has 0 aliphatic carbocycles. The van der Waals surface area contributed by atoms with Gasteiger partial charge in [-0.1, -0.05) is 11.6 Å². The van der Waals surface area contributed by atoms with Crippen LogP contribution in [0.15, 0.2) is 12.3 Å². The zero-order chi connectivity index (χ0) is 12.0. The summed E-state index contributed by atoms with van der Waals surface area (Å²) in [5.74, 6) is -0.0861. The van der Waals surface area contributed by atoms with E-state index in [1.807, 2.05) is 13.8 Å². The van der Waals surface area contributed by atoms with Crippen molar-refractivity contribution in [1.29, 1.82) is 0 Å². The lowest BCUT2D eigenvalue weighted by Gasteiger charge is -2.06. The molecule has 5 heteroatoms. The molecule has 0 bridgehead atoms. The molecule has 0 saturated carbocycles. The molecule has 0 saturated heterocycles. The summed E-state index contributed by atoms with van der Waals surface area (Å²) in [6.45, 7) is 4.78. The van der Waals surface area contributed by atoms with Gasteiger partial charge < -0.3 is 10.1 Å². The number of aromatic nitrogens is 1. The molecule has 0 aliphatic heterocycles. The second-order valence-corrected chi connectivity index (χ2v) is 3.68. The summed E-state index contributed by atoms with van der Waals surface area (Å²) in [5, 5.41) is 3.18. The van der Waals surface area contributed by atoms with Gasteiger partial charge in [0.15, 0.2) is 0 Å². The molecule has 16 heavy (non-hydrogen) atoms. The molecule has 0 aliphatic rings. The zero-order valence-electron chi connectivity index (χ0n) is 9.42. The number of pyridine rings is 1. The molecule has 0 spiro atoms. The van der Waals surface area contributed by atoms with Gasteiger partial charge in [0.2, 0.25) is 5.91 Å². The molecular weight excluding hydrogens is 228 g/mol. The Kier molecular flexibility index (Phi) is 5.22. The van der Waals surface area contributed by atoms with Gasteiger partial charge in [0.1, 0.15) is 5.15 Å². The van der Waals surface area contributed by atoms with Gasteiger partial charge in [0, 0.05) is 6.61 Å². The van der Waals surface area contributed by atoms with Crippen LogP contribution < -0.4 is 5.32 Å². The molecule has 0 radical (unpaired) electrons. The second-order valence-electron chi connectivity index (χ2n) is 3.33. The Labute approximate surface area is 100.0 Å². The highest BCUT2D eigenvalue weighted by Gasteiger charge is 2.04. The van der Waals surface area contributed by atoms with Gasteiger partial charge in [-0.25, -0.2) is 4.98 Å². The Morgan fingerprint density at radius 2 is 2.38 bits per heavy atom. The number of hydrogen-bond donors (Lipinski definition) is 1. The molecule has 4 nitrogen and oxygen atoms in total. The van der Waals surface area contributed by atoms with Gasteiger partial charge in [-0.05, 0) is 25.5 Å². The number of anilines is 1. The lowest BCUT2D eigenvalue weighted by molar-refractivity contribution is -0.117. The summed E-state index contributed by atoms with van der Waals surface area (Å²) in [6.07, 6.45) is 1.88. The van der Waals surface area contributed by atoms with E-state index >= 15 is 0 Å². The maximum atomic E-state index is 11.4. The predicted octanol–water partition coefficient (Wildman–Crippen LogP) is 2.41. The number of carbonyl (C=O) groups is 1. The average Bonchev–Trinajstić information content (AvgIpc) is 2.24. The molecule has 0 aromatic carbocycles. The van der Waals surface area contributed by atoms with Gasteiger partial charge in [-0.3, -0.25) is 4.79 Å². The fraction of sp³-hybridized carbons (Fsp3) is 0.455. The molecule has 1 rings (SSSR count). The highest BCUT2D eigenvalue weighted by molar-refractivity contribution is 6.30. The van der Waals surface area contributed by atoms with Crippen molar-refractivity contribution in [2.24, 2.45) is 0 Å². The van der Waals surface area contributed by atoms with Crippen molar-refractivity contribution in [2.75, 3.05) is 18.5 Å². The van der Waals surface area contributed by atoms with E-state index < -0.39 is 0 Å². The number of nitrogens with zero attached hydrogens (tertiary/aromatic N) is 1. The third-order valence-corrected chi connectivity index (χ3v) is 2.37. The van der Waals surface area contributed by atoms with Crippen LogP contribution in [0.1, 0.15) is 18.9 Å². The van der Waals surface area contributed by atoms with Crippen molar-refractivity contribution in [3.05, 3.63) is 23.0 Å². The summed E-state index contributed by atoms with van der Waals surface area (Å²) in [6, 6.07) is 1.79. The van der Waals surface area contributed by atoms with Crippen molar-refractivity contribution in [2.45, 2.75) is 20.3 Å². The maximum Gasteiger partial charge on any atom is 0.226 e. The van der Waals surface area contributed by atoms with Crippen LogP contribution >= 0.6 is 11.6 Å². The number of carbonyl (C=O) groups excluding carboxylic acids is 1.